The summed E-state index contributed by atoms with van der Waals surface area (Å²) in [5.41, 5.74) is 0.906. The molecule has 0 bridgehead atoms. The maximum atomic E-state index is 12.3. The second kappa shape index (κ2) is 5.56. The molecular weight excluding hydrogens is 294 g/mol. The Hall–Kier alpha value is -1.75. The van der Waals surface area contributed by atoms with Crippen molar-refractivity contribution < 1.29 is 19.4 Å². The SMILES string of the molecule is O=C(NC1CCCC1C(=O)O)C1Cc2cc(Cl)ccc2O1. The quantitative estimate of drug-likeness (QED) is 0.895. The molecule has 1 aliphatic carbocycles. The van der Waals surface area contributed by atoms with Crippen LogP contribution >= 0.6 is 11.6 Å². The normalized spacial score (nSPS) is 27.0. The Kier molecular flexibility index (Phi) is 3.76. The molecule has 0 spiro atoms. The van der Waals surface area contributed by atoms with Gasteiger partial charge in [-0.2, -0.15) is 0 Å². The summed E-state index contributed by atoms with van der Waals surface area (Å²) in [6, 6.07) is 4.96. The minimum atomic E-state index is -0.847. The van der Waals surface area contributed by atoms with Gasteiger partial charge in [-0.1, -0.05) is 18.0 Å². The summed E-state index contributed by atoms with van der Waals surface area (Å²) in [6.45, 7) is 0. The van der Waals surface area contributed by atoms with E-state index in [1.165, 1.54) is 0 Å². The van der Waals surface area contributed by atoms with Gasteiger partial charge in [-0.05, 0) is 36.6 Å². The lowest BCUT2D eigenvalue weighted by Gasteiger charge is -2.19. The van der Waals surface area contributed by atoms with Gasteiger partial charge in [-0.25, -0.2) is 0 Å². The third-order valence-corrected chi connectivity index (χ3v) is 4.39. The maximum absolute atomic E-state index is 12.3. The van der Waals surface area contributed by atoms with Crippen molar-refractivity contribution in [1.29, 1.82) is 0 Å². The minimum Gasteiger partial charge on any atom is -0.481 e. The molecule has 3 unspecified atom stereocenters. The Morgan fingerprint density at radius 1 is 1.33 bits per heavy atom. The smallest absolute Gasteiger partial charge is 0.308 e. The first-order valence-electron chi connectivity index (χ1n) is 7.03. The number of ether oxygens (including phenoxy) is 1. The van der Waals surface area contributed by atoms with E-state index in [9.17, 15) is 9.59 Å². The Morgan fingerprint density at radius 2 is 2.14 bits per heavy atom. The van der Waals surface area contributed by atoms with Gasteiger partial charge >= 0.3 is 5.97 Å². The Morgan fingerprint density at radius 3 is 2.90 bits per heavy atom. The van der Waals surface area contributed by atoms with Crippen LogP contribution in [0, 0.1) is 5.92 Å². The van der Waals surface area contributed by atoms with Crippen molar-refractivity contribution in [2.24, 2.45) is 5.92 Å². The number of hydrogen-bond acceptors (Lipinski definition) is 3. The molecule has 1 aromatic rings. The van der Waals surface area contributed by atoms with Gasteiger partial charge in [0.15, 0.2) is 6.10 Å². The Labute approximate surface area is 127 Å². The van der Waals surface area contributed by atoms with Crippen LogP contribution in [0.15, 0.2) is 18.2 Å². The fraction of sp³-hybridized carbons (Fsp3) is 0.467. The lowest BCUT2D eigenvalue weighted by Crippen LogP contribution is -2.46. The predicted molar refractivity (Wildman–Crippen MR) is 76.5 cm³/mol. The van der Waals surface area contributed by atoms with E-state index in [4.69, 9.17) is 21.4 Å². The van der Waals surface area contributed by atoms with Gasteiger partial charge in [0.2, 0.25) is 0 Å². The number of carbonyl (C=O) groups excluding carboxylic acids is 1. The van der Waals surface area contributed by atoms with E-state index in [0.29, 0.717) is 30.0 Å². The van der Waals surface area contributed by atoms with Gasteiger partial charge in [-0.15, -0.1) is 0 Å². The number of carbonyl (C=O) groups is 2. The zero-order valence-electron chi connectivity index (χ0n) is 11.3. The average molecular weight is 310 g/mol. The molecule has 1 aliphatic heterocycles. The molecule has 1 fully saturated rings. The molecule has 2 aliphatic rings. The van der Waals surface area contributed by atoms with Crippen LogP contribution in [0.3, 0.4) is 0 Å². The summed E-state index contributed by atoms with van der Waals surface area (Å²) in [4.78, 5) is 23.4. The Balaban J connectivity index is 1.64. The fourth-order valence-corrected chi connectivity index (χ4v) is 3.26. The number of aliphatic carboxylic acids is 1. The minimum absolute atomic E-state index is 0.250. The highest BCUT2D eigenvalue weighted by Crippen LogP contribution is 2.32. The van der Waals surface area contributed by atoms with Crippen LogP contribution in [-0.4, -0.2) is 29.1 Å². The largest absolute Gasteiger partial charge is 0.481 e. The van der Waals surface area contributed by atoms with E-state index in [1.807, 2.05) is 0 Å². The molecule has 0 saturated heterocycles. The number of carboxylic acid groups (broad SMARTS) is 1. The van der Waals surface area contributed by atoms with E-state index in [-0.39, 0.29) is 11.9 Å². The van der Waals surface area contributed by atoms with Gasteiger partial charge < -0.3 is 15.2 Å². The predicted octanol–water partition coefficient (Wildman–Crippen LogP) is 2.01. The van der Waals surface area contributed by atoms with E-state index in [0.717, 1.165) is 12.0 Å². The second-order valence-electron chi connectivity index (χ2n) is 5.55. The molecule has 1 heterocycles. The van der Waals surface area contributed by atoms with Crippen LogP contribution in [0.5, 0.6) is 5.75 Å². The number of rotatable bonds is 3. The molecule has 1 saturated carbocycles. The maximum Gasteiger partial charge on any atom is 0.308 e. The van der Waals surface area contributed by atoms with Crippen molar-refractivity contribution in [2.75, 3.05) is 0 Å². The molecule has 0 radical (unpaired) electrons. The zero-order valence-corrected chi connectivity index (χ0v) is 12.1. The van der Waals surface area contributed by atoms with E-state index < -0.39 is 18.0 Å². The summed E-state index contributed by atoms with van der Waals surface area (Å²) < 4.78 is 5.61. The molecule has 1 aromatic carbocycles. The van der Waals surface area contributed by atoms with Crippen molar-refractivity contribution in [1.82, 2.24) is 5.32 Å². The lowest BCUT2D eigenvalue weighted by molar-refractivity contribution is -0.142. The van der Waals surface area contributed by atoms with Crippen LogP contribution in [-0.2, 0) is 16.0 Å². The molecule has 6 heteroatoms. The number of benzene rings is 1. The highest BCUT2D eigenvalue weighted by molar-refractivity contribution is 6.30. The third kappa shape index (κ3) is 2.83. The summed E-state index contributed by atoms with van der Waals surface area (Å²) in [7, 11) is 0. The number of fused-ring (bicyclic) bond motifs is 1. The van der Waals surface area contributed by atoms with Crippen molar-refractivity contribution in [3.63, 3.8) is 0 Å². The number of amides is 1. The van der Waals surface area contributed by atoms with E-state index >= 15 is 0 Å². The monoisotopic (exact) mass is 309 g/mol. The second-order valence-corrected chi connectivity index (χ2v) is 5.99. The first kappa shape index (κ1) is 14.2. The van der Waals surface area contributed by atoms with Gasteiger partial charge in [0.05, 0.1) is 5.92 Å². The number of carboxylic acids is 1. The zero-order chi connectivity index (χ0) is 15.0. The standard InChI is InChI=1S/C15H16ClNO4/c16-9-4-5-12-8(6-9)7-13(21-12)14(18)17-11-3-1-2-10(11)15(19)20/h4-6,10-11,13H,1-3,7H2,(H,17,18)(H,19,20). The highest BCUT2D eigenvalue weighted by atomic mass is 35.5. The van der Waals surface area contributed by atoms with E-state index in [1.54, 1.807) is 18.2 Å². The molecule has 0 aromatic heterocycles. The van der Waals surface area contributed by atoms with Gasteiger partial charge in [0.25, 0.3) is 5.91 Å². The first-order chi connectivity index (χ1) is 10.0. The molecule has 1 amide bonds. The van der Waals surface area contributed by atoms with Crippen LogP contribution in [0.25, 0.3) is 0 Å². The molecule has 112 valence electrons. The number of hydrogen-bond donors (Lipinski definition) is 2. The van der Waals surface area contributed by atoms with Gasteiger partial charge in [0, 0.05) is 17.5 Å². The lowest BCUT2D eigenvalue weighted by atomic mass is 10.0. The summed E-state index contributed by atoms with van der Waals surface area (Å²) in [5.74, 6) is -0.923. The molecule has 5 nitrogen and oxygen atoms in total. The average Bonchev–Trinajstić information content (AvgIpc) is 3.04. The molecule has 3 rings (SSSR count). The number of nitrogens with one attached hydrogen (secondary N) is 1. The fourth-order valence-electron chi connectivity index (χ4n) is 3.07. The number of halogens is 1. The first-order valence-corrected chi connectivity index (χ1v) is 7.40. The Bertz CT molecular complexity index is 589. The van der Waals surface area contributed by atoms with E-state index in [2.05, 4.69) is 5.32 Å². The topological polar surface area (TPSA) is 75.6 Å². The van der Waals surface area contributed by atoms with Crippen LogP contribution < -0.4 is 10.1 Å². The summed E-state index contributed by atoms with van der Waals surface area (Å²) >= 11 is 5.92. The van der Waals surface area contributed by atoms with Gasteiger partial charge in [-0.3, -0.25) is 9.59 Å². The van der Waals surface area contributed by atoms with Crippen LogP contribution in [0.1, 0.15) is 24.8 Å². The summed E-state index contributed by atoms with van der Waals surface area (Å²) in [5, 5.41) is 12.6. The van der Waals surface area contributed by atoms with Crippen molar-refractivity contribution in [3.8, 4) is 5.75 Å². The van der Waals surface area contributed by atoms with Crippen molar-refractivity contribution in [2.45, 2.75) is 37.8 Å². The van der Waals surface area contributed by atoms with Crippen molar-refractivity contribution in [3.05, 3.63) is 28.8 Å². The highest BCUT2D eigenvalue weighted by Gasteiger charge is 2.37. The summed E-state index contributed by atoms with van der Waals surface area (Å²) in [6.07, 6.45) is 2.00. The molecule has 2 N–H and O–H groups in total. The molecule has 21 heavy (non-hydrogen) atoms. The third-order valence-electron chi connectivity index (χ3n) is 4.15. The van der Waals surface area contributed by atoms with Crippen molar-refractivity contribution >= 4 is 23.5 Å². The molecule has 3 atom stereocenters. The van der Waals surface area contributed by atoms with Crippen LogP contribution in [0.4, 0.5) is 0 Å². The molecular formula is C15H16ClNO4. The van der Waals surface area contributed by atoms with Crippen LogP contribution in [0.2, 0.25) is 5.02 Å². The van der Waals surface area contributed by atoms with Gasteiger partial charge in [0.1, 0.15) is 5.75 Å².